The van der Waals surface area contributed by atoms with Gasteiger partial charge in [0.05, 0.1) is 19.4 Å². The zero-order chi connectivity index (χ0) is 15.8. The van der Waals surface area contributed by atoms with E-state index in [1.807, 2.05) is 0 Å². The first-order valence-corrected chi connectivity index (χ1v) is 6.94. The van der Waals surface area contributed by atoms with Crippen molar-refractivity contribution < 1.29 is 18.4 Å². The van der Waals surface area contributed by atoms with Gasteiger partial charge in [-0.3, -0.25) is 9.59 Å². The lowest BCUT2D eigenvalue weighted by Crippen LogP contribution is -2.36. The third-order valence-electron chi connectivity index (χ3n) is 3.07. The number of hydrogen-bond donors (Lipinski definition) is 2. The summed E-state index contributed by atoms with van der Waals surface area (Å²) in [6.07, 6.45) is 1.95. The van der Waals surface area contributed by atoms with E-state index >= 15 is 0 Å². The normalized spacial score (nSPS) is 10.2. The van der Waals surface area contributed by atoms with Gasteiger partial charge in [-0.1, -0.05) is 18.2 Å². The molecular weight excluding hydrogens is 287 g/mol. The molecule has 1 heterocycles. The van der Waals surface area contributed by atoms with Gasteiger partial charge in [0.15, 0.2) is 0 Å². The maximum Gasteiger partial charge on any atom is 0.239 e. The molecule has 2 aromatic rings. The minimum Gasteiger partial charge on any atom is -0.467 e. The van der Waals surface area contributed by atoms with E-state index in [0.29, 0.717) is 17.7 Å². The molecule has 22 heavy (non-hydrogen) atoms. The quantitative estimate of drug-likeness (QED) is 0.819. The van der Waals surface area contributed by atoms with Gasteiger partial charge in [-0.15, -0.1) is 0 Å². The lowest BCUT2D eigenvalue weighted by molar-refractivity contribution is -0.126. The SMILES string of the molecule is O=C(CCc1ccccc1F)NCC(=O)NCc1ccco1. The average molecular weight is 304 g/mol. The number of halogens is 1. The number of hydrogen-bond acceptors (Lipinski definition) is 3. The highest BCUT2D eigenvalue weighted by atomic mass is 19.1. The van der Waals surface area contributed by atoms with Gasteiger partial charge in [-0.25, -0.2) is 4.39 Å². The zero-order valence-electron chi connectivity index (χ0n) is 12.0. The third-order valence-corrected chi connectivity index (χ3v) is 3.07. The topological polar surface area (TPSA) is 71.3 Å². The van der Waals surface area contributed by atoms with E-state index in [9.17, 15) is 14.0 Å². The monoisotopic (exact) mass is 304 g/mol. The van der Waals surface area contributed by atoms with Crippen LogP contribution in [0, 0.1) is 5.82 Å². The van der Waals surface area contributed by atoms with E-state index in [2.05, 4.69) is 10.6 Å². The van der Waals surface area contributed by atoms with Crippen molar-refractivity contribution in [2.75, 3.05) is 6.54 Å². The number of carbonyl (C=O) groups excluding carboxylic acids is 2. The van der Waals surface area contributed by atoms with Crippen molar-refractivity contribution in [3.05, 3.63) is 59.8 Å². The molecule has 1 aromatic carbocycles. The lowest BCUT2D eigenvalue weighted by Gasteiger charge is -2.06. The third kappa shape index (κ3) is 5.05. The van der Waals surface area contributed by atoms with Crippen LogP contribution in [0.15, 0.2) is 47.1 Å². The fourth-order valence-corrected chi connectivity index (χ4v) is 1.88. The van der Waals surface area contributed by atoms with Crippen LogP contribution in [-0.4, -0.2) is 18.4 Å². The molecule has 2 rings (SSSR count). The number of nitrogens with one attached hydrogen (secondary N) is 2. The van der Waals surface area contributed by atoms with Crippen LogP contribution in [-0.2, 0) is 22.6 Å². The van der Waals surface area contributed by atoms with Crippen LogP contribution in [0.2, 0.25) is 0 Å². The molecule has 0 saturated heterocycles. The Morgan fingerprint density at radius 3 is 2.59 bits per heavy atom. The van der Waals surface area contributed by atoms with Crippen molar-refractivity contribution in [1.29, 1.82) is 0 Å². The molecular formula is C16H17FN2O3. The summed E-state index contributed by atoms with van der Waals surface area (Å²) in [5.74, 6) is -0.294. The van der Waals surface area contributed by atoms with Crippen molar-refractivity contribution in [3.8, 4) is 0 Å². The van der Waals surface area contributed by atoms with Gasteiger partial charge in [0.2, 0.25) is 11.8 Å². The maximum atomic E-state index is 13.4. The van der Waals surface area contributed by atoms with Gasteiger partial charge in [0.1, 0.15) is 11.6 Å². The van der Waals surface area contributed by atoms with Crippen LogP contribution in [0.25, 0.3) is 0 Å². The minimum atomic E-state index is -0.327. The van der Waals surface area contributed by atoms with E-state index < -0.39 is 0 Å². The number of furan rings is 1. The Morgan fingerprint density at radius 2 is 1.86 bits per heavy atom. The second-order valence-corrected chi connectivity index (χ2v) is 4.72. The molecule has 0 saturated carbocycles. The second kappa shape index (κ2) is 7.97. The van der Waals surface area contributed by atoms with Gasteiger partial charge in [-0.2, -0.15) is 0 Å². The fourth-order valence-electron chi connectivity index (χ4n) is 1.88. The molecule has 0 fully saturated rings. The Hall–Kier alpha value is -2.63. The Bertz CT molecular complexity index is 626. The molecule has 0 aliphatic carbocycles. The summed E-state index contributed by atoms with van der Waals surface area (Å²) in [7, 11) is 0. The fraction of sp³-hybridized carbons (Fsp3) is 0.250. The lowest BCUT2D eigenvalue weighted by atomic mass is 10.1. The van der Waals surface area contributed by atoms with Crippen LogP contribution in [0.4, 0.5) is 4.39 Å². The predicted octanol–water partition coefficient (Wildman–Crippen LogP) is 1.78. The maximum absolute atomic E-state index is 13.4. The molecule has 0 radical (unpaired) electrons. The summed E-state index contributed by atoms with van der Waals surface area (Å²) in [4.78, 5) is 23.2. The summed E-state index contributed by atoms with van der Waals surface area (Å²) in [6.45, 7) is 0.160. The standard InChI is InChI=1S/C16H17FN2O3/c17-14-6-2-1-4-12(14)7-8-15(20)19-11-16(21)18-10-13-5-3-9-22-13/h1-6,9H,7-8,10-11H2,(H,18,21)(H,19,20). The van der Waals surface area contributed by atoms with E-state index in [1.165, 1.54) is 12.3 Å². The van der Waals surface area contributed by atoms with Crippen molar-refractivity contribution in [2.45, 2.75) is 19.4 Å². The molecule has 0 spiro atoms. The van der Waals surface area contributed by atoms with Gasteiger partial charge in [-0.05, 0) is 30.2 Å². The number of amides is 2. The van der Waals surface area contributed by atoms with E-state index in [1.54, 1.807) is 30.3 Å². The number of carbonyl (C=O) groups is 2. The molecule has 0 atom stereocenters. The number of aryl methyl sites for hydroxylation is 1. The first-order chi connectivity index (χ1) is 10.6. The minimum absolute atomic E-state index is 0.114. The Labute approximate surface area is 127 Å². The van der Waals surface area contributed by atoms with Crippen LogP contribution < -0.4 is 10.6 Å². The van der Waals surface area contributed by atoms with Crippen molar-refractivity contribution in [2.24, 2.45) is 0 Å². The summed E-state index contributed by atoms with van der Waals surface area (Å²) in [6, 6.07) is 9.79. The van der Waals surface area contributed by atoms with Gasteiger partial charge >= 0.3 is 0 Å². The highest BCUT2D eigenvalue weighted by Gasteiger charge is 2.08. The molecule has 1 aromatic heterocycles. The Kier molecular flexibility index (Phi) is 5.71. The van der Waals surface area contributed by atoms with Crippen LogP contribution in [0.3, 0.4) is 0 Å². The molecule has 0 unspecified atom stereocenters. The molecule has 0 aliphatic heterocycles. The number of rotatable bonds is 7. The van der Waals surface area contributed by atoms with E-state index in [4.69, 9.17) is 4.42 Å². The van der Waals surface area contributed by atoms with Crippen molar-refractivity contribution in [3.63, 3.8) is 0 Å². The summed E-state index contributed by atoms with van der Waals surface area (Å²) in [5.41, 5.74) is 0.486. The molecule has 2 amide bonds. The summed E-state index contributed by atoms with van der Waals surface area (Å²) < 4.78 is 18.5. The van der Waals surface area contributed by atoms with Gasteiger partial charge < -0.3 is 15.1 Å². The van der Waals surface area contributed by atoms with Gasteiger partial charge in [0.25, 0.3) is 0 Å². The van der Waals surface area contributed by atoms with Gasteiger partial charge in [0, 0.05) is 6.42 Å². The summed E-state index contributed by atoms with van der Waals surface area (Å²) >= 11 is 0. The van der Waals surface area contributed by atoms with E-state index in [0.717, 1.165) is 0 Å². The van der Waals surface area contributed by atoms with Crippen LogP contribution in [0.5, 0.6) is 0 Å². The van der Waals surface area contributed by atoms with E-state index in [-0.39, 0.29) is 37.1 Å². The summed E-state index contributed by atoms with van der Waals surface area (Å²) in [5, 5.41) is 5.11. The number of benzene rings is 1. The first kappa shape index (κ1) is 15.8. The average Bonchev–Trinajstić information content (AvgIpc) is 3.03. The highest BCUT2D eigenvalue weighted by Crippen LogP contribution is 2.08. The Balaban J connectivity index is 1.65. The highest BCUT2D eigenvalue weighted by molar-refractivity contribution is 5.84. The largest absolute Gasteiger partial charge is 0.467 e. The van der Waals surface area contributed by atoms with Crippen LogP contribution in [0.1, 0.15) is 17.7 Å². The second-order valence-electron chi connectivity index (χ2n) is 4.72. The predicted molar refractivity (Wildman–Crippen MR) is 78.3 cm³/mol. The zero-order valence-corrected chi connectivity index (χ0v) is 12.0. The molecule has 116 valence electrons. The van der Waals surface area contributed by atoms with Crippen molar-refractivity contribution >= 4 is 11.8 Å². The molecule has 0 aliphatic rings. The smallest absolute Gasteiger partial charge is 0.239 e. The molecule has 0 bridgehead atoms. The molecule has 6 heteroatoms. The van der Waals surface area contributed by atoms with Crippen molar-refractivity contribution in [1.82, 2.24) is 10.6 Å². The first-order valence-electron chi connectivity index (χ1n) is 6.94. The van der Waals surface area contributed by atoms with Crippen LogP contribution >= 0.6 is 0 Å². The molecule has 5 nitrogen and oxygen atoms in total. The molecule has 2 N–H and O–H groups in total. The Morgan fingerprint density at radius 1 is 1.05 bits per heavy atom.